The monoisotopic (exact) mass is 240 g/mol. The van der Waals surface area contributed by atoms with E-state index < -0.39 is 6.10 Å². The molecule has 1 aliphatic heterocycles. The molecule has 0 saturated heterocycles. The van der Waals surface area contributed by atoms with Gasteiger partial charge in [0.25, 0.3) is 0 Å². The highest BCUT2D eigenvalue weighted by Gasteiger charge is 2.32. The second kappa shape index (κ2) is 3.88. The van der Waals surface area contributed by atoms with E-state index in [2.05, 4.69) is 0 Å². The van der Waals surface area contributed by atoms with Gasteiger partial charge in [0, 0.05) is 11.1 Å². The predicted octanol–water partition coefficient (Wildman–Crippen LogP) is 2.96. The van der Waals surface area contributed by atoms with Gasteiger partial charge in [0.2, 0.25) is 0 Å². The number of benzene rings is 2. The minimum Gasteiger partial charge on any atom is -0.508 e. The third-order valence-corrected chi connectivity index (χ3v) is 3.11. The molecule has 0 spiro atoms. The van der Waals surface area contributed by atoms with E-state index in [0.717, 1.165) is 16.7 Å². The quantitative estimate of drug-likeness (QED) is 0.779. The Balaban J connectivity index is 2.12. The van der Waals surface area contributed by atoms with Gasteiger partial charge in [-0.3, -0.25) is 0 Å². The van der Waals surface area contributed by atoms with Crippen LogP contribution in [0.15, 0.2) is 42.5 Å². The molecular formula is C15H12O3. The van der Waals surface area contributed by atoms with Crippen LogP contribution in [0.3, 0.4) is 0 Å². The van der Waals surface area contributed by atoms with Gasteiger partial charge >= 0.3 is 5.97 Å². The van der Waals surface area contributed by atoms with E-state index in [1.54, 1.807) is 24.3 Å². The van der Waals surface area contributed by atoms with Gasteiger partial charge in [-0.05, 0) is 25.1 Å². The molecule has 3 nitrogen and oxygen atoms in total. The number of rotatable bonds is 1. The normalized spacial score (nSPS) is 17.4. The lowest BCUT2D eigenvalue weighted by Gasteiger charge is -2.11. The maximum atomic E-state index is 11.8. The molecule has 0 amide bonds. The summed E-state index contributed by atoms with van der Waals surface area (Å²) in [5, 5.41) is 9.50. The Hall–Kier alpha value is -2.29. The summed E-state index contributed by atoms with van der Waals surface area (Å²) in [5.74, 6) is -0.136. The fourth-order valence-electron chi connectivity index (χ4n) is 2.25. The van der Waals surface area contributed by atoms with E-state index in [-0.39, 0.29) is 11.7 Å². The summed E-state index contributed by atoms with van der Waals surface area (Å²) in [6.07, 6.45) is -0.417. The third kappa shape index (κ3) is 1.64. The summed E-state index contributed by atoms with van der Waals surface area (Å²) >= 11 is 0. The van der Waals surface area contributed by atoms with Gasteiger partial charge in [-0.1, -0.05) is 29.8 Å². The molecule has 1 unspecified atom stereocenters. The molecule has 1 heterocycles. The van der Waals surface area contributed by atoms with E-state index in [0.29, 0.717) is 5.56 Å². The fourth-order valence-corrected chi connectivity index (χ4v) is 2.25. The third-order valence-electron chi connectivity index (χ3n) is 3.11. The minimum atomic E-state index is -0.417. The molecule has 2 aromatic carbocycles. The molecule has 2 aromatic rings. The number of cyclic esters (lactones) is 1. The Morgan fingerprint density at radius 1 is 1.17 bits per heavy atom. The predicted molar refractivity (Wildman–Crippen MR) is 66.5 cm³/mol. The molecule has 1 atom stereocenters. The Labute approximate surface area is 105 Å². The van der Waals surface area contributed by atoms with Gasteiger partial charge in [-0.2, -0.15) is 0 Å². The molecule has 90 valence electrons. The summed E-state index contributed by atoms with van der Waals surface area (Å²) in [6.45, 7) is 1.97. The largest absolute Gasteiger partial charge is 0.508 e. The van der Waals surface area contributed by atoms with Gasteiger partial charge in [0.15, 0.2) is 6.10 Å². The van der Waals surface area contributed by atoms with E-state index >= 15 is 0 Å². The summed E-state index contributed by atoms with van der Waals surface area (Å²) in [7, 11) is 0. The maximum Gasteiger partial charge on any atom is 0.339 e. The Morgan fingerprint density at radius 3 is 2.78 bits per heavy atom. The van der Waals surface area contributed by atoms with Crippen LogP contribution in [0.2, 0.25) is 0 Å². The first-order valence-electron chi connectivity index (χ1n) is 5.75. The van der Waals surface area contributed by atoms with Crippen molar-refractivity contribution in [1.29, 1.82) is 0 Å². The number of carbonyl (C=O) groups excluding carboxylic acids is 1. The molecular weight excluding hydrogens is 228 g/mol. The van der Waals surface area contributed by atoms with Gasteiger partial charge in [-0.15, -0.1) is 0 Å². The number of phenolic OH excluding ortho intramolecular Hbond substituents is 1. The van der Waals surface area contributed by atoms with Crippen molar-refractivity contribution >= 4 is 5.97 Å². The lowest BCUT2D eigenvalue weighted by Crippen LogP contribution is -2.00. The van der Waals surface area contributed by atoms with E-state index in [1.807, 2.05) is 25.1 Å². The van der Waals surface area contributed by atoms with Crippen LogP contribution in [-0.4, -0.2) is 11.1 Å². The molecule has 0 aromatic heterocycles. The molecule has 3 heteroatoms. The number of fused-ring (bicyclic) bond motifs is 1. The molecule has 0 bridgehead atoms. The highest BCUT2D eigenvalue weighted by atomic mass is 16.5. The number of esters is 1. The number of aryl methyl sites for hydroxylation is 1. The molecule has 0 fully saturated rings. The lowest BCUT2D eigenvalue weighted by atomic mass is 9.97. The maximum absolute atomic E-state index is 11.8. The smallest absolute Gasteiger partial charge is 0.339 e. The summed E-state index contributed by atoms with van der Waals surface area (Å²) in [6, 6.07) is 12.4. The second-order valence-corrected chi connectivity index (χ2v) is 4.47. The Morgan fingerprint density at radius 2 is 2.00 bits per heavy atom. The average molecular weight is 240 g/mol. The Kier molecular flexibility index (Phi) is 2.33. The Bertz CT molecular complexity index is 631. The van der Waals surface area contributed by atoms with Gasteiger partial charge in [0.1, 0.15) is 5.75 Å². The topological polar surface area (TPSA) is 46.5 Å². The lowest BCUT2D eigenvalue weighted by molar-refractivity contribution is 0.0455. The molecule has 1 aliphatic rings. The van der Waals surface area contributed by atoms with Crippen LogP contribution >= 0.6 is 0 Å². The molecule has 1 N–H and O–H groups in total. The van der Waals surface area contributed by atoms with Crippen LogP contribution in [0.5, 0.6) is 5.75 Å². The number of hydrogen-bond donors (Lipinski definition) is 1. The standard InChI is InChI=1S/C15H12O3/c1-9-5-6-12-13(7-9)14(18-15(12)17)10-3-2-4-11(16)8-10/h2-8,14,16H,1H3. The van der Waals surface area contributed by atoms with Crippen LogP contribution < -0.4 is 0 Å². The average Bonchev–Trinajstić information content (AvgIpc) is 2.66. The zero-order chi connectivity index (χ0) is 12.7. The van der Waals surface area contributed by atoms with E-state index in [4.69, 9.17) is 4.74 Å². The van der Waals surface area contributed by atoms with Crippen LogP contribution in [0.25, 0.3) is 0 Å². The van der Waals surface area contributed by atoms with Gasteiger partial charge in [0.05, 0.1) is 5.56 Å². The summed E-state index contributed by atoms with van der Waals surface area (Å²) < 4.78 is 5.38. The van der Waals surface area contributed by atoms with Crippen molar-refractivity contribution in [3.8, 4) is 5.75 Å². The number of carbonyl (C=O) groups is 1. The first-order chi connectivity index (χ1) is 8.65. The van der Waals surface area contributed by atoms with Crippen LogP contribution in [0.4, 0.5) is 0 Å². The number of aromatic hydroxyl groups is 1. The summed E-state index contributed by atoms with van der Waals surface area (Å²) in [4.78, 5) is 11.8. The number of phenols is 1. The van der Waals surface area contributed by atoms with Crippen molar-refractivity contribution in [2.75, 3.05) is 0 Å². The van der Waals surface area contributed by atoms with Crippen LogP contribution in [0, 0.1) is 6.92 Å². The highest BCUT2D eigenvalue weighted by molar-refractivity contribution is 5.94. The van der Waals surface area contributed by atoms with Crippen molar-refractivity contribution in [2.45, 2.75) is 13.0 Å². The highest BCUT2D eigenvalue weighted by Crippen LogP contribution is 2.37. The van der Waals surface area contributed by atoms with Crippen molar-refractivity contribution in [1.82, 2.24) is 0 Å². The van der Waals surface area contributed by atoms with Crippen LogP contribution in [-0.2, 0) is 4.74 Å². The molecule has 18 heavy (non-hydrogen) atoms. The van der Waals surface area contributed by atoms with Crippen molar-refractivity contribution in [3.05, 3.63) is 64.7 Å². The number of hydrogen-bond acceptors (Lipinski definition) is 3. The zero-order valence-electron chi connectivity index (χ0n) is 9.88. The van der Waals surface area contributed by atoms with Gasteiger partial charge < -0.3 is 9.84 Å². The van der Waals surface area contributed by atoms with Crippen LogP contribution in [0.1, 0.15) is 33.2 Å². The van der Waals surface area contributed by atoms with Gasteiger partial charge in [-0.25, -0.2) is 4.79 Å². The van der Waals surface area contributed by atoms with E-state index in [1.165, 1.54) is 0 Å². The summed E-state index contributed by atoms with van der Waals surface area (Å²) in [5.41, 5.74) is 3.34. The number of ether oxygens (including phenoxy) is 1. The molecule has 0 saturated carbocycles. The minimum absolute atomic E-state index is 0.171. The van der Waals surface area contributed by atoms with Crippen molar-refractivity contribution in [2.24, 2.45) is 0 Å². The van der Waals surface area contributed by atoms with Crippen molar-refractivity contribution in [3.63, 3.8) is 0 Å². The SMILES string of the molecule is Cc1ccc2c(c1)C(c1cccc(O)c1)OC2=O. The first kappa shape index (κ1) is 10.8. The molecule has 0 aliphatic carbocycles. The second-order valence-electron chi connectivity index (χ2n) is 4.47. The first-order valence-corrected chi connectivity index (χ1v) is 5.75. The fraction of sp³-hybridized carbons (Fsp3) is 0.133. The molecule has 0 radical (unpaired) electrons. The van der Waals surface area contributed by atoms with Crippen molar-refractivity contribution < 1.29 is 14.6 Å². The van der Waals surface area contributed by atoms with E-state index in [9.17, 15) is 9.90 Å². The molecule has 3 rings (SSSR count). The zero-order valence-corrected chi connectivity index (χ0v) is 9.88.